The summed E-state index contributed by atoms with van der Waals surface area (Å²) in [6, 6.07) is 6.06. The van der Waals surface area contributed by atoms with Gasteiger partial charge in [0.1, 0.15) is 11.9 Å². The van der Waals surface area contributed by atoms with Crippen molar-refractivity contribution >= 4 is 11.8 Å². The third-order valence-electron chi connectivity index (χ3n) is 2.81. The predicted octanol–water partition coefficient (Wildman–Crippen LogP) is 2.25. The number of nitrogens with one attached hydrogen (secondary N) is 1. The summed E-state index contributed by atoms with van der Waals surface area (Å²) < 4.78 is 18.4. The molecule has 1 amide bonds. The lowest BCUT2D eigenvalue weighted by molar-refractivity contribution is 0.113. The van der Waals surface area contributed by atoms with Crippen LogP contribution in [0.4, 0.5) is 14.9 Å². The van der Waals surface area contributed by atoms with Gasteiger partial charge in [0.15, 0.2) is 0 Å². The maximum atomic E-state index is 13.2. The van der Waals surface area contributed by atoms with Gasteiger partial charge in [0.05, 0.1) is 5.69 Å². The van der Waals surface area contributed by atoms with Gasteiger partial charge in [-0.15, -0.1) is 0 Å². The van der Waals surface area contributed by atoms with Crippen LogP contribution in [-0.2, 0) is 4.74 Å². The summed E-state index contributed by atoms with van der Waals surface area (Å²) in [5, 5.41) is 2.37. The minimum Gasteiger partial charge on any atom is -0.446 e. The summed E-state index contributed by atoms with van der Waals surface area (Å²) in [5.74, 6) is -0.479. The zero-order chi connectivity index (χ0) is 12.3. The Morgan fingerprint density at radius 1 is 1.41 bits per heavy atom. The van der Waals surface area contributed by atoms with Crippen molar-refractivity contribution in [1.82, 2.24) is 0 Å². The summed E-state index contributed by atoms with van der Waals surface area (Å²) in [6.07, 6.45) is 1.51. The van der Waals surface area contributed by atoms with E-state index in [0.717, 1.165) is 12.8 Å². The van der Waals surface area contributed by atoms with Crippen LogP contribution >= 0.6 is 0 Å². The van der Waals surface area contributed by atoms with Crippen molar-refractivity contribution in [3.8, 4) is 0 Å². The number of carbonyl (C=O) groups is 1. The zero-order valence-corrected chi connectivity index (χ0v) is 9.36. The number of halogens is 1. The second-order valence-corrected chi connectivity index (χ2v) is 4.21. The van der Waals surface area contributed by atoms with E-state index in [4.69, 9.17) is 10.5 Å². The maximum absolute atomic E-state index is 13.2. The second-order valence-electron chi connectivity index (χ2n) is 4.21. The van der Waals surface area contributed by atoms with E-state index in [-0.39, 0.29) is 17.8 Å². The third kappa shape index (κ3) is 3.17. The van der Waals surface area contributed by atoms with Crippen molar-refractivity contribution in [2.24, 2.45) is 5.73 Å². The first-order chi connectivity index (χ1) is 8.15. The Morgan fingerprint density at radius 2 is 2.18 bits per heavy atom. The molecule has 3 N–H and O–H groups in total. The lowest BCUT2D eigenvalue weighted by atomic mass is 10.3. The fourth-order valence-corrected chi connectivity index (χ4v) is 1.93. The Kier molecular flexibility index (Phi) is 3.58. The van der Waals surface area contributed by atoms with Crippen LogP contribution < -0.4 is 11.1 Å². The van der Waals surface area contributed by atoms with Gasteiger partial charge in [-0.05, 0) is 31.4 Å². The van der Waals surface area contributed by atoms with Crippen molar-refractivity contribution in [1.29, 1.82) is 0 Å². The van der Waals surface area contributed by atoms with Gasteiger partial charge in [0.25, 0.3) is 0 Å². The molecule has 0 heterocycles. The smallest absolute Gasteiger partial charge is 0.411 e. The van der Waals surface area contributed by atoms with E-state index in [2.05, 4.69) is 5.32 Å². The monoisotopic (exact) mass is 238 g/mol. The summed E-state index contributed by atoms with van der Waals surface area (Å²) in [4.78, 5) is 11.5. The van der Waals surface area contributed by atoms with Crippen LogP contribution in [0.1, 0.15) is 19.3 Å². The molecule has 2 atom stereocenters. The molecule has 0 aromatic heterocycles. The highest BCUT2D eigenvalue weighted by molar-refractivity contribution is 5.84. The van der Waals surface area contributed by atoms with E-state index < -0.39 is 11.9 Å². The van der Waals surface area contributed by atoms with E-state index in [0.29, 0.717) is 6.42 Å². The number of carbonyl (C=O) groups excluding carboxylic acids is 1. The summed E-state index contributed by atoms with van der Waals surface area (Å²) in [6.45, 7) is 0. The number of amides is 1. The van der Waals surface area contributed by atoms with Gasteiger partial charge in [-0.1, -0.05) is 12.1 Å². The van der Waals surface area contributed by atoms with Gasteiger partial charge in [-0.3, -0.25) is 5.32 Å². The fraction of sp³-hybridized carbons (Fsp3) is 0.417. The van der Waals surface area contributed by atoms with E-state index in [9.17, 15) is 9.18 Å². The molecule has 1 aliphatic carbocycles. The molecule has 1 aromatic carbocycles. The maximum Gasteiger partial charge on any atom is 0.411 e. The number of benzene rings is 1. The minimum absolute atomic E-state index is 0.0984. The van der Waals surface area contributed by atoms with Gasteiger partial charge in [0, 0.05) is 6.04 Å². The number of ether oxygens (including phenoxy) is 1. The van der Waals surface area contributed by atoms with Crippen LogP contribution in [0.15, 0.2) is 24.3 Å². The van der Waals surface area contributed by atoms with Gasteiger partial charge in [-0.2, -0.15) is 0 Å². The molecule has 0 bridgehead atoms. The fourth-order valence-electron chi connectivity index (χ4n) is 1.93. The topological polar surface area (TPSA) is 64.3 Å². The molecule has 1 fully saturated rings. The molecule has 5 heteroatoms. The van der Waals surface area contributed by atoms with Crippen LogP contribution in [0.5, 0.6) is 0 Å². The Balaban J connectivity index is 1.87. The van der Waals surface area contributed by atoms with Crippen LogP contribution in [0.25, 0.3) is 0 Å². The minimum atomic E-state index is -0.630. The average molecular weight is 238 g/mol. The normalized spacial score (nSPS) is 23.4. The highest BCUT2D eigenvalue weighted by Gasteiger charge is 2.25. The van der Waals surface area contributed by atoms with Crippen molar-refractivity contribution in [3.05, 3.63) is 30.1 Å². The highest BCUT2D eigenvalue weighted by Crippen LogP contribution is 2.21. The number of rotatable bonds is 2. The standard InChI is InChI=1S/C12H15FN2O2/c13-10-3-1-2-4-11(10)15-12(16)17-9-6-5-8(14)7-9/h1-4,8-9H,5-7,14H2,(H,15,16). The van der Waals surface area contributed by atoms with Crippen molar-refractivity contribution < 1.29 is 13.9 Å². The first-order valence-corrected chi connectivity index (χ1v) is 5.63. The molecule has 92 valence electrons. The molecule has 0 spiro atoms. The van der Waals surface area contributed by atoms with Crippen LogP contribution in [0.2, 0.25) is 0 Å². The van der Waals surface area contributed by atoms with Crippen LogP contribution in [-0.4, -0.2) is 18.2 Å². The Morgan fingerprint density at radius 3 is 2.82 bits per heavy atom. The SMILES string of the molecule is NC1CCC(OC(=O)Nc2ccccc2F)C1. The molecule has 0 radical (unpaired) electrons. The lowest BCUT2D eigenvalue weighted by Crippen LogP contribution is -2.23. The van der Waals surface area contributed by atoms with Crippen molar-refractivity contribution in [3.63, 3.8) is 0 Å². The molecule has 17 heavy (non-hydrogen) atoms. The van der Waals surface area contributed by atoms with E-state index in [1.165, 1.54) is 12.1 Å². The average Bonchev–Trinajstić information content (AvgIpc) is 2.67. The molecular weight excluding hydrogens is 223 g/mol. The number of para-hydroxylation sites is 1. The highest BCUT2D eigenvalue weighted by atomic mass is 19.1. The Hall–Kier alpha value is -1.62. The summed E-state index contributed by atoms with van der Waals surface area (Å²) in [7, 11) is 0. The van der Waals surface area contributed by atoms with Gasteiger partial charge >= 0.3 is 6.09 Å². The van der Waals surface area contributed by atoms with E-state index in [1.807, 2.05) is 0 Å². The molecule has 0 aliphatic heterocycles. The van der Waals surface area contributed by atoms with Crippen LogP contribution in [0.3, 0.4) is 0 Å². The van der Waals surface area contributed by atoms with Crippen LogP contribution in [0, 0.1) is 5.82 Å². The number of anilines is 1. The number of hydrogen-bond donors (Lipinski definition) is 2. The van der Waals surface area contributed by atoms with Gasteiger partial charge < -0.3 is 10.5 Å². The summed E-state index contributed by atoms with van der Waals surface area (Å²) in [5.41, 5.74) is 5.83. The molecule has 4 nitrogen and oxygen atoms in total. The molecule has 0 saturated heterocycles. The number of nitrogens with two attached hydrogens (primary N) is 1. The Labute approximate surface area is 98.9 Å². The van der Waals surface area contributed by atoms with E-state index >= 15 is 0 Å². The van der Waals surface area contributed by atoms with Gasteiger partial charge in [0.2, 0.25) is 0 Å². The zero-order valence-electron chi connectivity index (χ0n) is 9.36. The summed E-state index contributed by atoms with van der Waals surface area (Å²) >= 11 is 0. The lowest BCUT2D eigenvalue weighted by Gasteiger charge is -2.12. The first-order valence-electron chi connectivity index (χ1n) is 5.63. The van der Waals surface area contributed by atoms with Crippen molar-refractivity contribution in [2.45, 2.75) is 31.4 Å². The quantitative estimate of drug-likeness (QED) is 0.830. The first kappa shape index (κ1) is 11.9. The predicted molar refractivity (Wildman–Crippen MR) is 62.1 cm³/mol. The molecule has 1 saturated carbocycles. The third-order valence-corrected chi connectivity index (χ3v) is 2.81. The molecule has 2 rings (SSSR count). The van der Waals surface area contributed by atoms with Crippen molar-refractivity contribution in [2.75, 3.05) is 5.32 Å². The molecular formula is C12H15FN2O2. The molecule has 2 unspecified atom stereocenters. The largest absolute Gasteiger partial charge is 0.446 e. The molecule has 1 aromatic rings. The van der Waals surface area contributed by atoms with Gasteiger partial charge in [-0.25, -0.2) is 9.18 Å². The Bertz CT molecular complexity index is 411. The van der Waals surface area contributed by atoms with E-state index in [1.54, 1.807) is 12.1 Å². The second kappa shape index (κ2) is 5.14. The molecule has 1 aliphatic rings. The number of hydrogen-bond acceptors (Lipinski definition) is 3.